The van der Waals surface area contributed by atoms with Crippen molar-refractivity contribution in [3.63, 3.8) is 0 Å². The van der Waals surface area contributed by atoms with Crippen molar-refractivity contribution in [2.24, 2.45) is 0 Å². The van der Waals surface area contributed by atoms with Crippen molar-refractivity contribution >= 4 is 66.2 Å². The van der Waals surface area contributed by atoms with Crippen LogP contribution in [-0.2, 0) is 4.79 Å². The summed E-state index contributed by atoms with van der Waals surface area (Å²) >= 11 is 6.39. The maximum absolute atomic E-state index is 11.0. The first-order valence-electron chi connectivity index (χ1n) is 6.80. The number of halogens is 1. The van der Waals surface area contributed by atoms with Crippen molar-refractivity contribution in [2.75, 3.05) is 5.75 Å². The monoisotopic (exact) mass is 405 g/mol. The first-order chi connectivity index (χ1) is 11.1. The van der Waals surface area contributed by atoms with Crippen LogP contribution in [-0.4, -0.2) is 21.8 Å². The molecule has 23 heavy (non-hydrogen) atoms. The first kappa shape index (κ1) is 16.2. The van der Waals surface area contributed by atoms with Gasteiger partial charge in [-0.2, -0.15) is 0 Å². The molecule has 116 valence electrons. The van der Waals surface area contributed by atoms with Crippen LogP contribution in [0.2, 0.25) is 0 Å². The molecule has 0 unspecified atom stereocenters. The zero-order chi connectivity index (χ0) is 16.2. The number of thioether (sulfide) groups is 1. The zero-order valence-electron chi connectivity index (χ0n) is 11.9. The molecule has 0 bridgehead atoms. The number of fused-ring (bicyclic) bond motifs is 1. The summed E-state index contributed by atoms with van der Waals surface area (Å²) in [6.07, 6.45) is 1.98. The van der Waals surface area contributed by atoms with Gasteiger partial charge < -0.3 is 5.11 Å². The molecule has 0 amide bonds. The number of aliphatic carboxylic acids is 1. The molecule has 0 fully saturated rings. The van der Waals surface area contributed by atoms with Crippen LogP contribution in [0.4, 0.5) is 0 Å². The summed E-state index contributed by atoms with van der Waals surface area (Å²) < 4.78 is 2.06. The Morgan fingerprint density at radius 1 is 1.22 bits per heavy atom. The Morgan fingerprint density at radius 3 is 2.70 bits per heavy atom. The molecule has 0 aliphatic heterocycles. The third-order valence-electron chi connectivity index (χ3n) is 3.05. The summed E-state index contributed by atoms with van der Waals surface area (Å²) in [5.74, 6) is -0.833. The number of aromatic nitrogens is 1. The van der Waals surface area contributed by atoms with Crippen LogP contribution in [0.1, 0.15) is 10.6 Å². The number of carboxylic acid groups (broad SMARTS) is 1. The van der Waals surface area contributed by atoms with Crippen LogP contribution in [0.5, 0.6) is 0 Å². The summed E-state index contributed by atoms with van der Waals surface area (Å²) in [5.41, 5.74) is 1.93. The number of rotatable bonds is 5. The Balaban J connectivity index is 2.04. The van der Waals surface area contributed by atoms with Crippen LogP contribution in [0.15, 0.2) is 53.0 Å². The fourth-order valence-corrected chi connectivity index (χ4v) is 4.25. The summed E-state index contributed by atoms with van der Waals surface area (Å²) in [4.78, 5) is 16.5. The average Bonchev–Trinajstić information content (AvgIpc) is 2.96. The van der Waals surface area contributed by atoms with Gasteiger partial charge in [-0.1, -0.05) is 46.3 Å². The Morgan fingerprint density at radius 2 is 1.96 bits per heavy atom. The average molecular weight is 406 g/mol. The molecule has 0 atom stereocenters. The van der Waals surface area contributed by atoms with E-state index < -0.39 is 5.97 Å². The number of nitrogens with zero attached hydrogens (tertiary/aromatic N) is 1. The molecule has 3 nitrogen and oxygen atoms in total. The number of hydrogen-bond acceptors (Lipinski definition) is 4. The van der Waals surface area contributed by atoms with E-state index in [1.54, 1.807) is 11.3 Å². The Bertz CT molecular complexity index is 856. The molecular formula is C17H12BrNO2S2. The summed E-state index contributed by atoms with van der Waals surface area (Å²) in [6.45, 7) is 0. The highest BCUT2D eigenvalue weighted by Crippen LogP contribution is 2.36. The van der Waals surface area contributed by atoms with Crippen LogP contribution < -0.4 is 0 Å². The van der Waals surface area contributed by atoms with Gasteiger partial charge in [0, 0.05) is 9.38 Å². The minimum Gasteiger partial charge on any atom is -0.481 e. The van der Waals surface area contributed by atoms with Gasteiger partial charge in [-0.3, -0.25) is 4.79 Å². The number of benzene rings is 2. The Labute approximate surface area is 150 Å². The van der Waals surface area contributed by atoms with E-state index in [0.29, 0.717) is 0 Å². The quantitative estimate of drug-likeness (QED) is 0.619. The van der Waals surface area contributed by atoms with Gasteiger partial charge in [0.05, 0.1) is 16.0 Å². The summed E-state index contributed by atoms with van der Waals surface area (Å²) in [7, 11) is 0. The van der Waals surface area contributed by atoms with Gasteiger partial charge in [0.1, 0.15) is 5.01 Å². The van der Waals surface area contributed by atoms with Gasteiger partial charge in [-0.25, -0.2) is 4.98 Å². The lowest BCUT2D eigenvalue weighted by atomic mass is 10.2. The number of para-hydroxylation sites is 1. The lowest BCUT2D eigenvalue weighted by molar-refractivity contribution is -0.133. The molecule has 1 N–H and O–H groups in total. The zero-order valence-corrected chi connectivity index (χ0v) is 15.1. The Hall–Kier alpha value is -1.63. The topological polar surface area (TPSA) is 50.2 Å². The number of thiazole rings is 1. The molecule has 6 heteroatoms. The predicted molar refractivity (Wildman–Crippen MR) is 102 cm³/mol. The van der Waals surface area contributed by atoms with Crippen LogP contribution in [0.25, 0.3) is 21.2 Å². The fourth-order valence-electron chi connectivity index (χ4n) is 2.02. The first-order valence-corrected chi connectivity index (χ1v) is 9.40. The number of carbonyl (C=O) groups is 1. The lowest BCUT2D eigenvalue weighted by Gasteiger charge is -2.04. The number of hydrogen-bond donors (Lipinski definition) is 1. The molecular weight excluding hydrogens is 394 g/mol. The van der Waals surface area contributed by atoms with Crippen molar-refractivity contribution in [1.29, 1.82) is 0 Å². The predicted octanol–water partition coefficient (Wildman–Crippen LogP) is 5.37. The van der Waals surface area contributed by atoms with E-state index in [0.717, 1.165) is 30.2 Å². The molecule has 0 saturated heterocycles. The molecule has 1 aromatic heterocycles. The van der Waals surface area contributed by atoms with Crippen LogP contribution >= 0.6 is 39.0 Å². The lowest BCUT2D eigenvalue weighted by Crippen LogP contribution is -1.98. The smallest absolute Gasteiger partial charge is 0.313 e. The largest absolute Gasteiger partial charge is 0.481 e. The molecule has 3 rings (SSSR count). The standard InChI is InChI=1S/C17H12BrNO2S2/c18-12-6-2-1-5-11(12)9-15(22-10-16(20)21)17-19-13-7-3-4-8-14(13)23-17/h1-9H,10H2,(H,20,21)/b15-9-. The highest BCUT2D eigenvalue weighted by Gasteiger charge is 2.12. The second kappa shape index (κ2) is 7.29. The van der Waals surface area contributed by atoms with E-state index in [4.69, 9.17) is 5.11 Å². The molecule has 0 spiro atoms. The van der Waals surface area contributed by atoms with E-state index in [2.05, 4.69) is 20.9 Å². The van der Waals surface area contributed by atoms with E-state index in [1.165, 1.54) is 11.8 Å². The van der Waals surface area contributed by atoms with Gasteiger partial charge in [0.2, 0.25) is 0 Å². The molecule has 0 saturated carbocycles. The molecule has 1 heterocycles. The van der Waals surface area contributed by atoms with Crippen molar-refractivity contribution < 1.29 is 9.90 Å². The second-order valence-electron chi connectivity index (χ2n) is 4.70. The highest BCUT2D eigenvalue weighted by molar-refractivity contribution is 9.10. The van der Waals surface area contributed by atoms with Gasteiger partial charge in [-0.15, -0.1) is 23.1 Å². The highest BCUT2D eigenvalue weighted by atomic mass is 79.9. The van der Waals surface area contributed by atoms with E-state index >= 15 is 0 Å². The van der Waals surface area contributed by atoms with E-state index in [-0.39, 0.29) is 5.75 Å². The van der Waals surface area contributed by atoms with Crippen molar-refractivity contribution in [1.82, 2.24) is 4.98 Å². The fraction of sp³-hybridized carbons (Fsp3) is 0.0588. The molecule has 0 radical (unpaired) electrons. The molecule has 0 aliphatic carbocycles. The Kier molecular flexibility index (Phi) is 5.15. The maximum Gasteiger partial charge on any atom is 0.313 e. The molecule has 2 aromatic carbocycles. The maximum atomic E-state index is 11.0. The van der Waals surface area contributed by atoms with Crippen LogP contribution in [0.3, 0.4) is 0 Å². The van der Waals surface area contributed by atoms with Crippen molar-refractivity contribution in [3.05, 3.63) is 63.6 Å². The van der Waals surface area contributed by atoms with E-state index in [9.17, 15) is 4.79 Å². The van der Waals surface area contributed by atoms with E-state index in [1.807, 2.05) is 54.6 Å². The SMILES string of the molecule is O=C(O)CS/C(=C\c1ccccc1Br)c1nc2ccccc2s1. The van der Waals surface area contributed by atoms with Gasteiger partial charge in [-0.05, 0) is 29.8 Å². The molecule has 3 aromatic rings. The van der Waals surface area contributed by atoms with Gasteiger partial charge in [0.25, 0.3) is 0 Å². The normalized spacial score (nSPS) is 11.8. The minimum absolute atomic E-state index is 0.00616. The van der Waals surface area contributed by atoms with Crippen molar-refractivity contribution in [3.8, 4) is 0 Å². The third kappa shape index (κ3) is 4.02. The summed E-state index contributed by atoms with van der Waals surface area (Å²) in [6, 6.07) is 15.8. The van der Waals surface area contributed by atoms with Crippen LogP contribution in [0, 0.1) is 0 Å². The van der Waals surface area contributed by atoms with Crippen molar-refractivity contribution in [2.45, 2.75) is 0 Å². The molecule has 0 aliphatic rings. The minimum atomic E-state index is -0.839. The second-order valence-corrected chi connectivity index (χ2v) is 7.60. The number of carboxylic acids is 1. The van der Waals surface area contributed by atoms with Gasteiger partial charge in [0.15, 0.2) is 0 Å². The third-order valence-corrected chi connectivity index (χ3v) is 5.98. The summed E-state index contributed by atoms with van der Waals surface area (Å²) in [5, 5.41) is 9.84. The van der Waals surface area contributed by atoms with Gasteiger partial charge >= 0.3 is 5.97 Å².